The first-order valence-electron chi connectivity index (χ1n) is 6.19. The highest BCUT2D eigenvalue weighted by atomic mass is 19.4. The first-order chi connectivity index (χ1) is 10.5. The maximum absolute atomic E-state index is 13.0. The maximum atomic E-state index is 13.0. The van der Waals surface area contributed by atoms with Crippen LogP contribution in [0.2, 0.25) is 0 Å². The molecule has 0 radical (unpaired) electrons. The number of hydrogen-bond donors (Lipinski definition) is 1. The van der Waals surface area contributed by atoms with Crippen LogP contribution in [0.15, 0.2) is 42.5 Å². The molecule has 2 aromatic carbocycles. The number of ketones is 1. The zero-order chi connectivity index (χ0) is 17.4. The molecule has 2 N–H and O–H groups in total. The number of benzene rings is 2. The smallest absolute Gasteiger partial charge is 0.398 e. The molecule has 0 aliphatic heterocycles. The lowest BCUT2D eigenvalue weighted by Crippen LogP contribution is -2.17. The van der Waals surface area contributed by atoms with Gasteiger partial charge in [0.2, 0.25) is 0 Å². The van der Waals surface area contributed by atoms with Gasteiger partial charge in [0, 0.05) is 16.8 Å². The number of rotatable bonds is 2. The first-order valence-corrected chi connectivity index (χ1v) is 6.19. The number of alkyl halides is 6. The molecule has 0 aliphatic carbocycles. The Balaban J connectivity index is 2.67. The second-order valence-electron chi connectivity index (χ2n) is 4.67. The SMILES string of the molecule is Nc1ccccc1C(=O)c1cc(C(F)(F)F)ccc1C(F)(F)F. The minimum atomic E-state index is -4.97. The fourth-order valence-corrected chi connectivity index (χ4v) is 2.00. The Bertz CT molecular complexity index is 748. The molecule has 23 heavy (non-hydrogen) atoms. The average molecular weight is 333 g/mol. The van der Waals surface area contributed by atoms with Gasteiger partial charge in [-0.25, -0.2) is 0 Å². The van der Waals surface area contributed by atoms with Crippen molar-refractivity contribution < 1.29 is 31.1 Å². The lowest BCUT2D eigenvalue weighted by molar-refractivity contribution is -0.141. The summed E-state index contributed by atoms with van der Waals surface area (Å²) in [6.45, 7) is 0. The Morgan fingerprint density at radius 3 is 1.96 bits per heavy atom. The molecule has 0 saturated carbocycles. The zero-order valence-electron chi connectivity index (χ0n) is 11.3. The molecule has 0 spiro atoms. The number of halogens is 6. The van der Waals surface area contributed by atoms with Gasteiger partial charge in [-0.2, -0.15) is 26.3 Å². The molecule has 0 heterocycles. The van der Waals surface area contributed by atoms with Crippen LogP contribution in [0.3, 0.4) is 0 Å². The van der Waals surface area contributed by atoms with E-state index in [2.05, 4.69) is 0 Å². The van der Waals surface area contributed by atoms with Crippen molar-refractivity contribution >= 4 is 11.5 Å². The second-order valence-corrected chi connectivity index (χ2v) is 4.67. The summed E-state index contributed by atoms with van der Waals surface area (Å²) < 4.78 is 77.1. The fourth-order valence-electron chi connectivity index (χ4n) is 2.00. The first kappa shape index (κ1) is 16.9. The summed E-state index contributed by atoms with van der Waals surface area (Å²) >= 11 is 0. The van der Waals surface area contributed by atoms with Crippen LogP contribution in [-0.2, 0) is 12.4 Å². The van der Waals surface area contributed by atoms with Gasteiger partial charge in [-0.1, -0.05) is 12.1 Å². The van der Waals surface area contributed by atoms with Gasteiger partial charge in [0.25, 0.3) is 0 Å². The van der Waals surface area contributed by atoms with Gasteiger partial charge in [0.15, 0.2) is 5.78 Å². The summed E-state index contributed by atoms with van der Waals surface area (Å²) in [7, 11) is 0. The van der Waals surface area contributed by atoms with E-state index in [4.69, 9.17) is 5.73 Å². The molecule has 0 unspecified atom stereocenters. The molecule has 2 rings (SSSR count). The molecule has 122 valence electrons. The van der Waals surface area contributed by atoms with Crippen LogP contribution in [0.1, 0.15) is 27.0 Å². The van der Waals surface area contributed by atoms with Crippen LogP contribution in [0.25, 0.3) is 0 Å². The Kier molecular flexibility index (Phi) is 4.10. The fraction of sp³-hybridized carbons (Fsp3) is 0.133. The van der Waals surface area contributed by atoms with Crippen molar-refractivity contribution in [1.29, 1.82) is 0 Å². The van der Waals surface area contributed by atoms with Crippen molar-refractivity contribution in [2.24, 2.45) is 0 Å². The summed E-state index contributed by atoms with van der Waals surface area (Å²) in [5, 5.41) is 0. The molecule has 0 aliphatic rings. The van der Waals surface area contributed by atoms with Crippen molar-refractivity contribution in [2.75, 3.05) is 5.73 Å². The lowest BCUT2D eigenvalue weighted by Gasteiger charge is -2.15. The van der Waals surface area contributed by atoms with Crippen molar-refractivity contribution in [1.82, 2.24) is 0 Å². The summed E-state index contributed by atoms with van der Waals surface area (Å²) in [5.74, 6) is -1.22. The molecule has 0 atom stereocenters. The zero-order valence-corrected chi connectivity index (χ0v) is 11.3. The molecule has 2 nitrogen and oxygen atoms in total. The minimum Gasteiger partial charge on any atom is -0.398 e. The third kappa shape index (κ3) is 3.46. The maximum Gasteiger partial charge on any atom is 0.417 e. The van der Waals surface area contributed by atoms with E-state index in [9.17, 15) is 31.1 Å². The van der Waals surface area contributed by atoms with Crippen LogP contribution >= 0.6 is 0 Å². The summed E-state index contributed by atoms with van der Waals surface area (Å²) in [6, 6.07) is 5.94. The molecule has 0 amide bonds. The number of nitrogens with two attached hydrogens (primary N) is 1. The quantitative estimate of drug-likeness (QED) is 0.498. The molecule has 2 aromatic rings. The van der Waals surface area contributed by atoms with Gasteiger partial charge >= 0.3 is 12.4 Å². The number of nitrogen functional groups attached to an aromatic ring is 1. The highest BCUT2D eigenvalue weighted by molar-refractivity contribution is 6.13. The lowest BCUT2D eigenvalue weighted by atomic mass is 9.95. The van der Waals surface area contributed by atoms with Crippen LogP contribution < -0.4 is 5.73 Å². The van der Waals surface area contributed by atoms with Crippen LogP contribution in [0.4, 0.5) is 32.0 Å². The molecular weight excluding hydrogens is 324 g/mol. The van der Waals surface area contributed by atoms with E-state index in [1.54, 1.807) is 0 Å². The molecular formula is C15H9F6NO. The number of carbonyl (C=O) groups excluding carboxylic acids is 1. The van der Waals surface area contributed by atoms with Gasteiger partial charge in [0.1, 0.15) is 0 Å². The molecule has 8 heteroatoms. The van der Waals surface area contributed by atoms with Crippen molar-refractivity contribution in [2.45, 2.75) is 12.4 Å². The van der Waals surface area contributed by atoms with Crippen LogP contribution in [-0.4, -0.2) is 5.78 Å². The number of hydrogen-bond acceptors (Lipinski definition) is 2. The molecule has 0 saturated heterocycles. The summed E-state index contributed by atoms with van der Waals surface area (Å²) in [5.41, 5.74) is 1.22. The largest absolute Gasteiger partial charge is 0.417 e. The standard InChI is InChI=1S/C15H9F6NO/c16-14(17,18)8-5-6-11(15(19,20)21)10(7-8)13(23)9-3-1-2-4-12(9)22/h1-7H,22H2. The van der Waals surface area contributed by atoms with Gasteiger partial charge in [-0.05, 0) is 30.3 Å². The molecule has 0 aromatic heterocycles. The summed E-state index contributed by atoms with van der Waals surface area (Å²) in [6.07, 6.45) is -9.85. The van der Waals surface area contributed by atoms with Crippen molar-refractivity contribution in [3.8, 4) is 0 Å². The highest BCUT2D eigenvalue weighted by Gasteiger charge is 2.38. The van der Waals surface area contributed by atoms with E-state index in [0.717, 1.165) is 6.07 Å². The Labute approximate surface area is 126 Å². The van der Waals surface area contributed by atoms with E-state index in [0.29, 0.717) is 0 Å². The number of para-hydroxylation sites is 1. The van der Waals surface area contributed by atoms with Gasteiger partial charge in [-0.3, -0.25) is 4.79 Å². The third-order valence-corrected chi connectivity index (χ3v) is 3.10. The van der Waals surface area contributed by atoms with E-state index in [1.807, 2.05) is 0 Å². The van der Waals surface area contributed by atoms with Crippen LogP contribution in [0.5, 0.6) is 0 Å². The molecule has 0 bridgehead atoms. The normalized spacial score (nSPS) is 12.3. The summed E-state index contributed by atoms with van der Waals surface area (Å²) in [4.78, 5) is 12.3. The van der Waals surface area contributed by atoms with E-state index < -0.39 is 34.8 Å². The Hall–Kier alpha value is -2.51. The van der Waals surface area contributed by atoms with E-state index in [-0.39, 0.29) is 29.4 Å². The predicted octanol–water partition coefficient (Wildman–Crippen LogP) is 4.54. The number of carbonyl (C=O) groups is 1. The highest BCUT2D eigenvalue weighted by Crippen LogP contribution is 2.37. The molecule has 0 fully saturated rings. The second kappa shape index (κ2) is 5.60. The topological polar surface area (TPSA) is 43.1 Å². The Morgan fingerprint density at radius 2 is 1.43 bits per heavy atom. The van der Waals surface area contributed by atoms with Crippen molar-refractivity contribution in [3.63, 3.8) is 0 Å². The monoisotopic (exact) mass is 333 g/mol. The van der Waals surface area contributed by atoms with Crippen LogP contribution in [0, 0.1) is 0 Å². The van der Waals surface area contributed by atoms with E-state index in [1.165, 1.54) is 18.2 Å². The van der Waals surface area contributed by atoms with Gasteiger partial charge in [-0.15, -0.1) is 0 Å². The Morgan fingerprint density at radius 1 is 0.826 bits per heavy atom. The van der Waals surface area contributed by atoms with Gasteiger partial charge in [0.05, 0.1) is 11.1 Å². The average Bonchev–Trinajstić information content (AvgIpc) is 2.44. The van der Waals surface area contributed by atoms with Crippen molar-refractivity contribution in [3.05, 3.63) is 64.7 Å². The predicted molar refractivity (Wildman–Crippen MR) is 70.7 cm³/mol. The van der Waals surface area contributed by atoms with E-state index >= 15 is 0 Å². The minimum absolute atomic E-state index is 0.122. The number of anilines is 1. The van der Waals surface area contributed by atoms with Gasteiger partial charge < -0.3 is 5.73 Å². The third-order valence-electron chi connectivity index (χ3n) is 3.10.